The molecule has 1 heterocycles. The molecule has 2 aliphatic carbocycles. The average Bonchev–Trinajstić information content (AvgIpc) is 3.49. The normalized spacial score (nSPS) is 16.4. The third-order valence-electron chi connectivity index (χ3n) is 7.30. The summed E-state index contributed by atoms with van der Waals surface area (Å²) in [4.78, 5) is 26.3. The van der Waals surface area contributed by atoms with Gasteiger partial charge in [0.05, 0.1) is 29.8 Å². The number of amides is 1. The molecule has 1 aromatic heterocycles. The van der Waals surface area contributed by atoms with Crippen LogP contribution in [0.15, 0.2) is 42.7 Å². The predicted octanol–water partition coefficient (Wildman–Crippen LogP) is 6.47. The molecule has 1 N–H and O–H groups in total. The van der Waals surface area contributed by atoms with Crippen LogP contribution in [0.1, 0.15) is 66.6 Å². The van der Waals surface area contributed by atoms with E-state index in [1.54, 1.807) is 26.1 Å². The zero-order valence-electron chi connectivity index (χ0n) is 21.4. The van der Waals surface area contributed by atoms with E-state index in [4.69, 9.17) is 4.74 Å². The lowest BCUT2D eigenvalue weighted by molar-refractivity contribution is -0.274. The van der Waals surface area contributed by atoms with E-state index in [9.17, 15) is 27.2 Å². The Kier molecular flexibility index (Phi) is 6.86. The Bertz CT molecular complexity index is 1420. The fourth-order valence-corrected chi connectivity index (χ4v) is 5.01. The van der Waals surface area contributed by atoms with Crippen LogP contribution in [-0.2, 0) is 14.9 Å². The van der Waals surface area contributed by atoms with Gasteiger partial charge in [0.15, 0.2) is 0 Å². The molecule has 5 rings (SSSR count). The number of nitrogens with one attached hydrogen (secondary N) is 1. The van der Waals surface area contributed by atoms with E-state index in [-0.39, 0.29) is 17.7 Å². The summed E-state index contributed by atoms with van der Waals surface area (Å²) in [6.45, 7) is 3.66. The quantitative estimate of drug-likeness (QED) is 0.259. The highest BCUT2D eigenvalue weighted by molar-refractivity contribution is 6.04. The van der Waals surface area contributed by atoms with Crippen molar-refractivity contribution >= 4 is 17.6 Å². The number of rotatable bonds is 8. The van der Waals surface area contributed by atoms with Gasteiger partial charge in [-0.15, -0.1) is 13.2 Å². The lowest BCUT2D eigenvalue weighted by Crippen LogP contribution is -2.29. The molecular weight excluding hydrogens is 518 g/mol. The van der Waals surface area contributed by atoms with E-state index >= 15 is 0 Å². The highest BCUT2D eigenvalue weighted by atomic mass is 19.4. The molecule has 11 heteroatoms. The van der Waals surface area contributed by atoms with Crippen molar-refractivity contribution in [2.24, 2.45) is 0 Å². The molecule has 0 bridgehead atoms. The Morgan fingerprint density at radius 1 is 1.18 bits per heavy atom. The number of nitrogens with zero attached hydrogens (tertiary/aromatic N) is 2. The standard InChI is InChI=1S/C28H27F4N3O4/c1-3-38-25(36)21-12-18(11-16(2)24(21)17-14-33-35(15-17)19-5-4-6-19)34-26(37)27(9-10-27)22-8-7-20(13-23(22)29)39-28(30,31)32/h7-8,11-15,19H,3-6,9-10H2,1-2H3,(H,34,37). The van der Waals surface area contributed by atoms with E-state index in [2.05, 4.69) is 15.2 Å². The maximum atomic E-state index is 14.8. The number of alkyl halides is 3. The number of aromatic nitrogens is 2. The Morgan fingerprint density at radius 2 is 1.92 bits per heavy atom. The zero-order chi connectivity index (χ0) is 27.9. The number of anilines is 1. The van der Waals surface area contributed by atoms with Crippen LogP contribution >= 0.6 is 0 Å². The number of halogens is 4. The Hall–Kier alpha value is -3.89. The van der Waals surface area contributed by atoms with Crippen molar-refractivity contribution in [1.82, 2.24) is 9.78 Å². The van der Waals surface area contributed by atoms with Gasteiger partial charge in [-0.05, 0) is 69.7 Å². The molecule has 0 saturated heterocycles. The van der Waals surface area contributed by atoms with Crippen LogP contribution in [0.2, 0.25) is 0 Å². The third kappa shape index (κ3) is 5.35. The summed E-state index contributed by atoms with van der Waals surface area (Å²) in [7, 11) is 0. The number of hydrogen-bond acceptors (Lipinski definition) is 5. The molecule has 2 aliphatic rings. The molecule has 2 saturated carbocycles. The summed E-state index contributed by atoms with van der Waals surface area (Å²) in [5, 5.41) is 7.25. The lowest BCUT2D eigenvalue weighted by atomic mass is 9.92. The number of aryl methyl sites for hydroxylation is 1. The number of carbonyl (C=O) groups excluding carboxylic acids is 2. The van der Waals surface area contributed by atoms with Crippen molar-refractivity contribution in [3.63, 3.8) is 0 Å². The predicted molar refractivity (Wildman–Crippen MR) is 134 cm³/mol. The van der Waals surface area contributed by atoms with Gasteiger partial charge in [-0.25, -0.2) is 9.18 Å². The fourth-order valence-electron chi connectivity index (χ4n) is 5.01. The highest BCUT2D eigenvalue weighted by Crippen LogP contribution is 2.50. The molecule has 3 aromatic rings. The summed E-state index contributed by atoms with van der Waals surface area (Å²) in [5.74, 6) is -2.75. The van der Waals surface area contributed by atoms with Crippen LogP contribution in [0.4, 0.5) is 23.2 Å². The number of carbonyl (C=O) groups is 2. The van der Waals surface area contributed by atoms with E-state index in [0.717, 1.165) is 37.0 Å². The Morgan fingerprint density at radius 3 is 2.51 bits per heavy atom. The number of hydrogen-bond donors (Lipinski definition) is 1. The molecule has 0 unspecified atom stereocenters. The zero-order valence-corrected chi connectivity index (χ0v) is 21.4. The molecule has 39 heavy (non-hydrogen) atoms. The Labute approximate surface area is 222 Å². The summed E-state index contributed by atoms with van der Waals surface area (Å²) in [5.41, 5.74) is 1.42. The molecule has 0 aliphatic heterocycles. The van der Waals surface area contributed by atoms with Gasteiger partial charge in [0.2, 0.25) is 5.91 Å². The highest BCUT2D eigenvalue weighted by Gasteiger charge is 2.53. The van der Waals surface area contributed by atoms with Gasteiger partial charge in [-0.3, -0.25) is 9.48 Å². The fraction of sp³-hybridized carbons (Fsp3) is 0.393. The van der Waals surface area contributed by atoms with Gasteiger partial charge in [0, 0.05) is 34.6 Å². The van der Waals surface area contributed by atoms with Crippen molar-refractivity contribution in [3.05, 3.63) is 65.2 Å². The number of benzene rings is 2. The van der Waals surface area contributed by atoms with E-state index in [1.807, 2.05) is 10.9 Å². The smallest absolute Gasteiger partial charge is 0.462 e. The molecule has 7 nitrogen and oxygen atoms in total. The summed E-state index contributed by atoms with van der Waals surface area (Å²) >= 11 is 0. The van der Waals surface area contributed by atoms with Crippen molar-refractivity contribution < 1.29 is 36.6 Å². The first kappa shape index (κ1) is 26.7. The maximum absolute atomic E-state index is 14.8. The summed E-state index contributed by atoms with van der Waals surface area (Å²) in [6, 6.07) is 6.32. The van der Waals surface area contributed by atoms with Crippen molar-refractivity contribution in [2.45, 2.75) is 63.8 Å². The first-order chi connectivity index (χ1) is 18.5. The van der Waals surface area contributed by atoms with Crippen molar-refractivity contribution in [2.75, 3.05) is 11.9 Å². The first-order valence-electron chi connectivity index (χ1n) is 12.7. The van der Waals surface area contributed by atoms with Crippen LogP contribution < -0.4 is 10.1 Å². The number of ether oxygens (including phenoxy) is 2. The van der Waals surface area contributed by atoms with Gasteiger partial charge in [-0.2, -0.15) is 5.10 Å². The second-order valence-corrected chi connectivity index (χ2v) is 9.96. The second-order valence-electron chi connectivity index (χ2n) is 9.96. The maximum Gasteiger partial charge on any atom is 0.573 e. The third-order valence-corrected chi connectivity index (χ3v) is 7.30. The summed E-state index contributed by atoms with van der Waals surface area (Å²) in [6.07, 6.45) is 2.54. The van der Waals surface area contributed by atoms with Crippen LogP contribution in [0.3, 0.4) is 0 Å². The van der Waals surface area contributed by atoms with Gasteiger partial charge in [-0.1, -0.05) is 6.07 Å². The van der Waals surface area contributed by atoms with Crippen LogP contribution in [0.5, 0.6) is 5.75 Å². The van der Waals surface area contributed by atoms with Crippen molar-refractivity contribution in [3.8, 4) is 16.9 Å². The van der Waals surface area contributed by atoms with Crippen LogP contribution in [0.25, 0.3) is 11.1 Å². The first-order valence-corrected chi connectivity index (χ1v) is 12.7. The van der Waals surface area contributed by atoms with Crippen LogP contribution in [-0.4, -0.2) is 34.6 Å². The average molecular weight is 546 g/mol. The van der Waals surface area contributed by atoms with Gasteiger partial charge < -0.3 is 14.8 Å². The molecule has 1 amide bonds. The minimum Gasteiger partial charge on any atom is -0.462 e. The second kappa shape index (κ2) is 10.0. The van der Waals surface area contributed by atoms with Crippen molar-refractivity contribution in [1.29, 1.82) is 0 Å². The van der Waals surface area contributed by atoms with Crippen LogP contribution in [0, 0.1) is 12.7 Å². The molecule has 206 valence electrons. The molecule has 2 aromatic carbocycles. The molecule has 2 fully saturated rings. The molecule has 0 radical (unpaired) electrons. The largest absolute Gasteiger partial charge is 0.573 e. The van der Waals surface area contributed by atoms with E-state index in [0.29, 0.717) is 41.8 Å². The molecule has 0 atom stereocenters. The SMILES string of the molecule is CCOC(=O)c1cc(NC(=O)C2(c3ccc(OC(F)(F)F)cc3F)CC2)cc(C)c1-c1cnn(C2CCC2)c1. The van der Waals surface area contributed by atoms with E-state index in [1.165, 1.54) is 6.07 Å². The Balaban J connectivity index is 1.43. The van der Waals surface area contributed by atoms with Gasteiger partial charge in [0.25, 0.3) is 0 Å². The van der Waals surface area contributed by atoms with Gasteiger partial charge >= 0.3 is 12.3 Å². The minimum atomic E-state index is -4.96. The monoisotopic (exact) mass is 545 g/mol. The number of esters is 1. The molecule has 0 spiro atoms. The summed E-state index contributed by atoms with van der Waals surface area (Å²) < 4.78 is 63.3. The topological polar surface area (TPSA) is 82.4 Å². The van der Waals surface area contributed by atoms with E-state index < -0.39 is 35.2 Å². The minimum absolute atomic E-state index is 0.0168. The van der Waals surface area contributed by atoms with Gasteiger partial charge in [0.1, 0.15) is 11.6 Å². The lowest BCUT2D eigenvalue weighted by Gasteiger charge is -2.25. The molecular formula is C28H27F4N3O4.